The molecule has 1 heterocycles. The maximum absolute atomic E-state index is 12.6. The standard InChI is InChI=1S/C20H22ClN3O2/c1-20(2,3)18(25)24-11-10-13-4-7-16(12-17(13)24)23-19(26)22-15-8-5-14(21)6-9-15/h4-9,12H,10-11H2,1-3H3,(H2,22,23,26). The first-order valence-electron chi connectivity index (χ1n) is 8.52. The van der Waals surface area contributed by atoms with Crippen LogP contribution in [0.5, 0.6) is 0 Å². The molecule has 5 nitrogen and oxygen atoms in total. The van der Waals surface area contributed by atoms with Gasteiger partial charge in [0.15, 0.2) is 0 Å². The molecule has 0 atom stereocenters. The topological polar surface area (TPSA) is 61.4 Å². The number of anilines is 3. The van der Waals surface area contributed by atoms with Gasteiger partial charge < -0.3 is 15.5 Å². The molecule has 1 aliphatic rings. The Morgan fingerprint density at radius 2 is 1.62 bits per heavy atom. The van der Waals surface area contributed by atoms with E-state index in [1.807, 2.05) is 39.0 Å². The van der Waals surface area contributed by atoms with E-state index in [4.69, 9.17) is 11.6 Å². The Bertz CT molecular complexity index is 841. The summed E-state index contributed by atoms with van der Waals surface area (Å²) in [7, 11) is 0. The van der Waals surface area contributed by atoms with Gasteiger partial charge >= 0.3 is 6.03 Å². The maximum atomic E-state index is 12.6. The van der Waals surface area contributed by atoms with Gasteiger partial charge in [0.05, 0.1) is 0 Å². The molecule has 136 valence electrons. The van der Waals surface area contributed by atoms with Gasteiger partial charge in [-0.2, -0.15) is 0 Å². The van der Waals surface area contributed by atoms with Gasteiger partial charge in [0, 0.05) is 34.0 Å². The molecule has 1 aliphatic heterocycles. The SMILES string of the molecule is CC(C)(C)C(=O)N1CCc2ccc(NC(=O)Nc3ccc(Cl)cc3)cc21. The summed E-state index contributed by atoms with van der Waals surface area (Å²) >= 11 is 5.84. The number of hydrogen-bond acceptors (Lipinski definition) is 2. The summed E-state index contributed by atoms with van der Waals surface area (Å²) in [6.07, 6.45) is 0.828. The first-order chi connectivity index (χ1) is 12.2. The van der Waals surface area contributed by atoms with Crippen molar-refractivity contribution in [3.8, 4) is 0 Å². The fourth-order valence-electron chi connectivity index (χ4n) is 2.90. The lowest BCUT2D eigenvalue weighted by Gasteiger charge is -2.26. The summed E-state index contributed by atoms with van der Waals surface area (Å²) in [4.78, 5) is 26.7. The van der Waals surface area contributed by atoms with E-state index < -0.39 is 5.41 Å². The van der Waals surface area contributed by atoms with Crippen molar-refractivity contribution < 1.29 is 9.59 Å². The summed E-state index contributed by atoms with van der Waals surface area (Å²) in [6.45, 7) is 6.41. The number of nitrogens with zero attached hydrogens (tertiary/aromatic N) is 1. The molecule has 0 saturated carbocycles. The lowest BCUT2D eigenvalue weighted by atomic mass is 9.94. The zero-order valence-electron chi connectivity index (χ0n) is 15.1. The minimum absolute atomic E-state index is 0.0824. The maximum Gasteiger partial charge on any atom is 0.323 e. The number of carbonyl (C=O) groups is 2. The van der Waals surface area contributed by atoms with Crippen molar-refractivity contribution in [3.05, 3.63) is 53.1 Å². The molecule has 26 heavy (non-hydrogen) atoms. The first kappa shape index (κ1) is 18.3. The van der Waals surface area contributed by atoms with E-state index in [0.29, 0.717) is 22.9 Å². The molecule has 0 bridgehead atoms. The van der Waals surface area contributed by atoms with Crippen molar-refractivity contribution in [3.63, 3.8) is 0 Å². The average Bonchev–Trinajstić information content (AvgIpc) is 2.98. The van der Waals surface area contributed by atoms with Crippen LogP contribution in [-0.4, -0.2) is 18.5 Å². The minimum atomic E-state index is -0.447. The molecule has 0 fully saturated rings. The van der Waals surface area contributed by atoms with Crippen LogP contribution in [0, 0.1) is 5.41 Å². The smallest absolute Gasteiger partial charge is 0.311 e. The molecule has 2 aromatic rings. The predicted molar refractivity (Wildman–Crippen MR) is 106 cm³/mol. The number of benzene rings is 2. The Balaban J connectivity index is 1.73. The third kappa shape index (κ3) is 3.99. The van der Waals surface area contributed by atoms with Crippen molar-refractivity contribution in [2.45, 2.75) is 27.2 Å². The third-order valence-corrected chi connectivity index (χ3v) is 4.48. The molecule has 2 aromatic carbocycles. The number of hydrogen-bond donors (Lipinski definition) is 2. The monoisotopic (exact) mass is 371 g/mol. The summed E-state index contributed by atoms with van der Waals surface area (Å²) in [5.74, 6) is 0.0824. The second kappa shape index (κ2) is 7.00. The molecule has 3 amide bonds. The van der Waals surface area contributed by atoms with Crippen LogP contribution in [-0.2, 0) is 11.2 Å². The highest BCUT2D eigenvalue weighted by atomic mass is 35.5. The van der Waals surface area contributed by atoms with Gasteiger partial charge in [-0.05, 0) is 48.4 Å². The highest BCUT2D eigenvalue weighted by Gasteiger charge is 2.32. The molecule has 0 spiro atoms. The normalized spacial score (nSPS) is 13.3. The number of rotatable bonds is 2. The molecule has 0 radical (unpaired) electrons. The molecular weight excluding hydrogens is 350 g/mol. The van der Waals surface area contributed by atoms with Gasteiger partial charge in [0.2, 0.25) is 5.91 Å². The van der Waals surface area contributed by atoms with Crippen LogP contribution in [0.25, 0.3) is 0 Å². The summed E-state index contributed by atoms with van der Waals surface area (Å²) < 4.78 is 0. The number of urea groups is 1. The first-order valence-corrected chi connectivity index (χ1v) is 8.90. The third-order valence-electron chi connectivity index (χ3n) is 4.23. The number of amides is 3. The lowest BCUT2D eigenvalue weighted by Crippen LogP contribution is -2.38. The molecule has 3 rings (SSSR count). The Hall–Kier alpha value is -2.53. The van der Waals surface area contributed by atoms with Crippen molar-refractivity contribution in [1.29, 1.82) is 0 Å². The second-order valence-electron chi connectivity index (χ2n) is 7.39. The van der Waals surface area contributed by atoms with Crippen LogP contribution in [0.4, 0.5) is 21.9 Å². The van der Waals surface area contributed by atoms with Crippen molar-refractivity contribution >= 4 is 40.6 Å². The zero-order chi connectivity index (χ0) is 18.9. The van der Waals surface area contributed by atoms with E-state index in [-0.39, 0.29) is 11.9 Å². The van der Waals surface area contributed by atoms with Crippen LogP contribution in [0.1, 0.15) is 26.3 Å². The quantitative estimate of drug-likeness (QED) is 0.787. The molecule has 6 heteroatoms. The van der Waals surface area contributed by atoms with Gasteiger partial charge in [0.1, 0.15) is 0 Å². The van der Waals surface area contributed by atoms with Crippen molar-refractivity contribution in [1.82, 2.24) is 0 Å². The second-order valence-corrected chi connectivity index (χ2v) is 7.82. The van der Waals surface area contributed by atoms with Gasteiger partial charge in [-0.3, -0.25) is 4.79 Å². The fourth-order valence-corrected chi connectivity index (χ4v) is 3.03. The van der Waals surface area contributed by atoms with E-state index in [2.05, 4.69) is 10.6 Å². The number of nitrogens with one attached hydrogen (secondary N) is 2. The van der Waals surface area contributed by atoms with Gasteiger partial charge in [-0.25, -0.2) is 4.79 Å². The van der Waals surface area contributed by atoms with Gasteiger partial charge in [-0.1, -0.05) is 38.4 Å². The Labute approximate surface area is 158 Å². The van der Waals surface area contributed by atoms with E-state index in [0.717, 1.165) is 17.7 Å². The predicted octanol–water partition coefficient (Wildman–Crippen LogP) is 4.92. The van der Waals surface area contributed by atoms with E-state index in [9.17, 15) is 9.59 Å². The highest BCUT2D eigenvalue weighted by Crippen LogP contribution is 2.34. The fraction of sp³-hybridized carbons (Fsp3) is 0.300. The van der Waals surface area contributed by atoms with Crippen molar-refractivity contribution in [2.24, 2.45) is 5.41 Å². The largest absolute Gasteiger partial charge is 0.323 e. The Morgan fingerprint density at radius 1 is 1.00 bits per heavy atom. The van der Waals surface area contributed by atoms with Crippen LogP contribution < -0.4 is 15.5 Å². The lowest BCUT2D eigenvalue weighted by molar-refractivity contribution is -0.125. The Kier molecular flexibility index (Phi) is 4.92. The number of fused-ring (bicyclic) bond motifs is 1. The summed E-state index contributed by atoms with van der Waals surface area (Å²) in [6, 6.07) is 12.2. The molecular formula is C20H22ClN3O2. The van der Waals surface area contributed by atoms with Crippen LogP contribution in [0.3, 0.4) is 0 Å². The van der Waals surface area contributed by atoms with Crippen LogP contribution >= 0.6 is 11.6 Å². The van der Waals surface area contributed by atoms with Crippen LogP contribution in [0.15, 0.2) is 42.5 Å². The van der Waals surface area contributed by atoms with E-state index in [1.54, 1.807) is 29.2 Å². The highest BCUT2D eigenvalue weighted by molar-refractivity contribution is 6.30. The summed E-state index contributed by atoms with van der Waals surface area (Å²) in [5, 5.41) is 6.18. The van der Waals surface area contributed by atoms with Crippen molar-refractivity contribution in [2.75, 3.05) is 22.1 Å². The van der Waals surface area contributed by atoms with Gasteiger partial charge in [-0.15, -0.1) is 0 Å². The summed E-state index contributed by atoms with van der Waals surface area (Å²) in [5.41, 5.74) is 2.83. The number of halogens is 1. The molecule has 0 aromatic heterocycles. The average molecular weight is 372 g/mol. The molecule has 0 aliphatic carbocycles. The Morgan fingerprint density at radius 3 is 2.27 bits per heavy atom. The minimum Gasteiger partial charge on any atom is -0.311 e. The van der Waals surface area contributed by atoms with Gasteiger partial charge in [0.25, 0.3) is 0 Å². The van der Waals surface area contributed by atoms with Crippen LogP contribution in [0.2, 0.25) is 5.02 Å². The number of carbonyl (C=O) groups excluding carboxylic acids is 2. The zero-order valence-corrected chi connectivity index (χ0v) is 15.9. The molecule has 0 saturated heterocycles. The molecule has 2 N–H and O–H groups in total. The van der Waals surface area contributed by atoms with E-state index >= 15 is 0 Å². The molecule has 0 unspecified atom stereocenters. The van der Waals surface area contributed by atoms with E-state index in [1.165, 1.54) is 0 Å².